The van der Waals surface area contributed by atoms with Crippen molar-refractivity contribution >= 4 is 17.2 Å². The van der Waals surface area contributed by atoms with Crippen LogP contribution in [0.3, 0.4) is 0 Å². The Morgan fingerprint density at radius 1 is 1.48 bits per heavy atom. The summed E-state index contributed by atoms with van der Waals surface area (Å²) in [6.07, 6.45) is 1.26. The molecule has 0 saturated heterocycles. The summed E-state index contributed by atoms with van der Waals surface area (Å²) < 4.78 is 0. The number of carbonyl (C=O) groups is 1. The molecule has 4 N–H and O–H groups in total. The number of nitrogens with zero attached hydrogens (tertiary/aromatic N) is 1. The number of hydrogen-bond acceptors (Lipinski definition) is 5. The van der Waals surface area contributed by atoms with Crippen LogP contribution in [-0.2, 0) is 11.3 Å². The Labute approximate surface area is 129 Å². The van der Waals surface area contributed by atoms with Crippen molar-refractivity contribution in [3.8, 4) is 0 Å². The topological polar surface area (TPSA) is 86.8 Å². The van der Waals surface area contributed by atoms with Gasteiger partial charge in [0, 0.05) is 28.3 Å². The van der Waals surface area contributed by atoms with Gasteiger partial charge in [-0.1, -0.05) is 0 Å². The van der Waals surface area contributed by atoms with Crippen molar-refractivity contribution in [1.29, 1.82) is 0 Å². The van der Waals surface area contributed by atoms with Crippen molar-refractivity contribution < 1.29 is 15.0 Å². The minimum Gasteiger partial charge on any atom is -0.395 e. The number of aliphatic hydroxyl groups is 2. The molecule has 3 atom stereocenters. The first kappa shape index (κ1) is 16.4. The van der Waals surface area contributed by atoms with E-state index in [1.54, 1.807) is 16.2 Å². The summed E-state index contributed by atoms with van der Waals surface area (Å²) in [5.74, 6) is -0.103. The normalized spacial score (nSPS) is 25.8. The van der Waals surface area contributed by atoms with Gasteiger partial charge in [0.2, 0.25) is 5.91 Å². The van der Waals surface area contributed by atoms with Crippen molar-refractivity contribution in [2.75, 3.05) is 13.2 Å². The van der Waals surface area contributed by atoms with E-state index in [1.807, 2.05) is 19.1 Å². The fourth-order valence-electron chi connectivity index (χ4n) is 2.82. The molecule has 0 spiro atoms. The van der Waals surface area contributed by atoms with Gasteiger partial charge in [-0.25, -0.2) is 0 Å². The van der Waals surface area contributed by atoms with Crippen LogP contribution in [0.25, 0.3) is 0 Å². The van der Waals surface area contributed by atoms with E-state index in [4.69, 9.17) is 5.73 Å². The number of carbonyl (C=O) groups excluding carboxylic acids is 1. The van der Waals surface area contributed by atoms with Gasteiger partial charge < -0.3 is 20.8 Å². The number of hydrogen-bond donors (Lipinski definition) is 3. The van der Waals surface area contributed by atoms with Crippen LogP contribution in [0, 0.1) is 12.8 Å². The summed E-state index contributed by atoms with van der Waals surface area (Å²) >= 11 is 1.67. The second kappa shape index (κ2) is 7.35. The van der Waals surface area contributed by atoms with Crippen LogP contribution in [0.4, 0.5) is 0 Å². The fraction of sp³-hybridized carbons (Fsp3) is 0.667. The second-order valence-electron chi connectivity index (χ2n) is 5.74. The molecule has 1 aliphatic carbocycles. The van der Waals surface area contributed by atoms with E-state index in [1.165, 1.54) is 4.88 Å². The smallest absolute Gasteiger partial charge is 0.226 e. The quantitative estimate of drug-likeness (QED) is 0.753. The molecule has 0 bridgehead atoms. The zero-order valence-corrected chi connectivity index (χ0v) is 13.2. The average Bonchev–Trinajstić information content (AvgIpc) is 2.86. The van der Waals surface area contributed by atoms with E-state index in [0.29, 0.717) is 32.4 Å². The number of nitrogens with two attached hydrogens (primary N) is 1. The van der Waals surface area contributed by atoms with E-state index in [0.717, 1.165) is 4.88 Å². The van der Waals surface area contributed by atoms with Gasteiger partial charge >= 0.3 is 0 Å². The third kappa shape index (κ3) is 4.26. The fourth-order valence-corrected chi connectivity index (χ4v) is 3.72. The standard InChI is InChI=1S/C15H24N2O3S/c1-10-2-4-12(21-10)9-17(6-7-18)15(20)11-3-5-14(19)13(16)8-11/h2,4,11,13-14,18-19H,3,5-9,16H2,1H3/t11-,13+,14+/m0/s1. The van der Waals surface area contributed by atoms with Crippen molar-refractivity contribution in [1.82, 2.24) is 4.90 Å². The monoisotopic (exact) mass is 312 g/mol. The Bertz CT molecular complexity index is 477. The highest BCUT2D eigenvalue weighted by Crippen LogP contribution is 2.26. The number of aliphatic hydroxyl groups excluding tert-OH is 2. The lowest BCUT2D eigenvalue weighted by molar-refractivity contribution is -0.138. The Balaban J connectivity index is 2.01. The maximum absolute atomic E-state index is 12.6. The van der Waals surface area contributed by atoms with Crippen LogP contribution in [0.15, 0.2) is 12.1 Å². The highest BCUT2D eigenvalue weighted by molar-refractivity contribution is 7.11. The van der Waals surface area contributed by atoms with Crippen molar-refractivity contribution in [2.24, 2.45) is 11.7 Å². The summed E-state index contributed by atoms with van der Waals surface area (Å²) in [7, 11) is 0. The minimum atomic E-state index is -0.500. The highest BCUT2D eigenvalue weighted by atomic mass is 32.1. The highest BCUT2D eigenvalue weighted by Gasteiger charge is 2.33. The van der Waals surface area contributed by atoms with Crippen molar-refractivity contribution in [3.63, 3.8) is 0 Å². The first-order valence-electron chi connectivity index (χ1n) is 7.40. The van der Waals surface area contributed by atoms with Gasteiger partial charge in [-0.2, -0.15) is 0 Å². The summed E-state index contributed by atoms with van der Waals surface area (Å²) in [6.45, 7) is 2.86. The Morgan fingerprint density at radius 3 is 2.81 bits per heavy atom. The molecule has 1 fully saturated rings. The van der Waals surface area contributed by atoms with E-state index in [-0.39, 0.29) is 24.5 Å². The molecule has 6 heteroatoms. The summed E-state index contributed by atoms with van der Waals surface area (Å²) in [4.78, 5) is 16.7. The van der Waals surface area contributed by atoms with Crippen LogP contribution in [0.1, 0.15) is 29.0 Å². The molecule has 21 heavy (non-hydrogen) atoms. The Kier molecular flexibility index (Phi) is 5.75. The zero-order valence-electron chi connectivity index (χ0n) is 12.4. The minimum absolute atomic E-state index is 0.0393. The lowest BCUT2D eigenvalue weighted by Crippen LogP contribution is -2.46. The molecule has 1 aliphatic rings. The summed E-state index contributed by atoms with van der Waals surface area (Å²) in [6, 6.07) is 3.73. The lowest BCUT2D eigenvalue weighted by Gasteiger charge is -2.33. The molecule has 1 amide bonds. The molecule has 1 aromatic rings. The molecule has 1 heterocycles. The van der Waals surface area contributed by atoms with Crippen LogP contribution < -0.4 is 5.73 Å². The van der Waals surface area contributed by atoms with Gasteiger partial charge in [0.05, 0.1) is 19.3 Å². The van der Waals surface area contributed by atoms with Gasteiger partial charge in [0.15, 0.2) is 0 Å². The largest absolute Gasteiger partial charge is 0.395 e. The number of amides is 1. The second-order valence-corrected chi connectivity index (χ2v) is 7.11. The third-order valence-electron chi connectivity index (χ3n) is 4.04. The van der Waals surface area contributed by atoms with Gasteiger partial charge in [-0.15, -0.1) is 11.3 Å². The Morgan fingerprint density at radius 2 is 2.24 bits per heavy atom. The Hall–Kier alpha value is -0.950. The maximum atomic E-state index is 12.6. The van der Waals surface area contributed by atoms with Gasteiger partial charge in [0.1, 0.15) is 0 Å². The van der Waals surface area contributed by atoms with E-state index in [2.05, 4.69) is 0 Å². The number of aryl methyl sites for hydroxylation is 1. The molecule has 1 aromatic heterocycles. The summed E-state index contributed by atoms with van der Waals surface area (Å²) in [5.41, 5.74) is 5.87. The van der Waals surface area contributed by atoms with Gasteiger partial charge in [-0.3, -0.25) is 4.79 Å². The van der Waals surface area contributed by atoms with Gasteiger partial charge in [0.25, 0.3) is 0 Å². The molecule has 0 radical (unpaired) electrons. The molecular formula is C15H24N2O3S. The zero-order chi connectivity index (χ0) is 15.4. The third-order valence-corrected chi connectivity index (χ3v) is 5.02. The lowest BCUT2D eigenvalue weighted by atomic mass is 9.83. The van der Waals surface area contributed by atoms with Crippen LogP contribution >= 0.6 is 11.3 Å². The molecule has 5 nitrogen and oxygen atoms in total. The predicted molar refractivity (Wildman–Crippen MR) is 82.9 cm³/mol. The van der Waals surface area contributed by atoms with Gasteiger partial charge in [-0.05, 0) is 38.3 Å². The maximum Gasteiger partial charge on any atom is 0.226 e. The molecule has 0 aliphatic heterocycles. The van der Waals surface area contributed by atoms with E-state index >= 15 is 0 Å². The van der Waals surface area contributed by atoms with Crippen LogP contribution in [0.5, 0.6) is 0 Å². The van der Waals surface area contributed by atoms with Crippen LogP contribution in [-0.4, -0.2) is 46.3 Å². The molecule has 0 aromatic carbocycles. The van der Waals surface area contributed by atoms with Crippen LogP contribution in [0.2, 0.25) is 0 Å². The van der Waals surface area contributed by atoms with Crippen molar-refractivity contribution in [2.45, 2.75) is 44.9 Å². The molecular weight excluding hydrogens is 288 g/mol. The first-order valence-corrected chi connectivity index (χ1v) is 8.21. The summed E-state index contributed by atoms with van der Waals surface area (Å²) in [5, 5.41) is 18.9. The van der Waals surface area contributed by atoms with E-state index < -0.39 is 6.10 Å². The molecule has 0 unspecified atom stereocenters. The number of rotatable bonds is 5. The SMILES string of the molecule is Cc1ccc(CN(CCO)C(=O)[C@H]2CC[C@@H](O)[C@H](N)C2)s1. The average molecular weight is 312 g/mol. The van der Waals surface area contributed by atoms with Crippen molar-refractivity contribution in [3.05, 3.63) is 21.9 Å². The van der Waals surface area contributed by atoms with E-state index in [9.17, 15) is 15.0 Å². The molecule has 1 saturated carbocycles. The molecule has 2 rings (SSSR count). The first-order chi connectivity index (χ1) is 10.0. The number of thiophene rings is 1. The molecule has 118 valence electrons. The predicted octanol–water partition coefficient (Wildman–Crippen LogP) is 0.866.